The zero-order valence-electron chi connectivity index (χ0n) is 7.99. The third-order valence-corrected chi connectivity index (χ3v) is 2.39. The van der Waals surface area contributed by atoms with Crippen LogP contribution in [0.3, 0.4) is 0 Å². The maximum Gasteiger partial charge on any atom is 0.137 e. The first-order valence-corrected chi connectivity index (χ1v) is 4.47. The van der Waals surface area contributed by atoms with Crippen LogP contribution < -0.4 is 5.73 Å². The molecule has 0 fully saturated rings. The Hall–Kier alpha value is -1.39. The number of hydrogen-bond donors (Lipinski definition) is 3. The fourth-order valence-electron chi connectivity index (χ4n) is 1.51. The van der Waals surface area contributed by atoms with Gasteiger partial charge in [-0.2, -0.15) is 0 Å². The number of fused-ring (bicyclic) bond motifs is 1. The molecule has 74 valence electrons. The van der Waals surface area contributed by atoms with Gasteiger partial charge in [0.15, 0.2) is 0 Å². The number of H-pyrrole nitrogens is 1. The number of nitrogens with two attached hydrogens (primary N) is 1. The van der Waals surface area contributed by atoms with Crippen LogP contribution in [0.25, 0.3) is 11.0 Å². The quantitative estimate of drug-likeness (QED) is 0.655. The highest BCUT2D eigenvalue weighted by atomic mass is 16.3. The lowest BCUT2D eigenvalue weighted by atomic mass is 9.94. The number of aromatic nitrogens is 2. The van der Waals surface area contributed by atoms with Gasteiger partial charge in [0.2, 0.25) is 0 Å². The number of nitrogens with one attached hydrogen (secondary N) is 1. The van der Waals surface area contributed by atoms with Gasteiger partial charge in [0, 0.05) is 23.3 Å². The van der Waals surface area contributed by atoms with Gasteiger partial charge in [-0.05, 0) is 19.1 Å². The van der Waals surface area contributed by atoms with Gasteiger partial charge in [0.25, 0.3) is 0 Å². The number of aromatic amines is 1. The highest BCUT2D eigenvalue weighted by molar-refractivity contribution is 5.80. The summed E-state index contributed by atoms with van der Waals surface area (Å²) < 4.78 is 0. The Morgan fingerprint density at radius 2 is 2.43 bits per heavy atom. The molecule has 4 nitrogen and oxygen atoms in total. The Morgan fingerprint density at radius 1 is 1.64 bits per heavy atom. The summed E-state index contributed by atoms with van der Waals surface area (Å²) in [4.78, 5) is 7.18. The Bertz CT molecular complexity index is 447. The molecule has 0 saturated carbocycles. The topological polar surface area (TPSA) is 74.9 Å². The smallest absolute Gasteiger partial charge is 0.137 e. The molecule has 0 aliphatic rings. The number of rotatable bonds is 2. The third-order valence-electron chi connectivity index (χ3n) is 2.39. The lowest BCUT2D eigenvalue weighted by molar-refractivity contribution is 0.211. The fourth-order valence-corrected chi connectivity index (χ4v) is 1.51. The first kappa shape index (κ1) is 9.18. The highest BCUT2D eigenvalue weighted by Crippen LogP contribution is 2.24. The molecule has 0 saturated heterocycles. The predicted molar refractivity (Wildman–Crippen MR) is 54.7 cm³/mol. The molecule has 0 radical (unpaired) electrons. The van der Waals surface area contributed by atoms with Crippen molar-refractivity contribution in [3.63, 3.8) is 0 Å². The second-order valence-electron chi connectivity index (χ2n) is 3.68. The Kier molecular flexibility index (Phi) is 2.02. The molecule has 0 aromatic carbocycles. The molecule has 2 rings (SSSR count). The Morgan fingerprint density at radius 3 is 3.14 bits per heavy atom. The predicted octanol–water partition coefficient (Wildman–Crippen LogP) is 0.729. The molecule has 2 aromatic rings. The zero-order chi connectivity index (χ0) is 10.2. The first-order valence-electron chi connectivity index (χ1n) is 4.47. The van der Waals surface area contributed by atoms with Crippen LogP contribution in [0.2, 0.25) is 0 Å². The van der Waals surface area contributed by atoms with Crippen LogP contribution in [0, 0.1) is 0 Å². The Labute approximate surface area is 81.8 Å². The number of pyridine rings is 1. The van der Waals surface area contributed by atoms with E-state index in [1.54, 1.807) is 19.3 Å². The summed E-state index contributed by atoms with van der Waals surface area (Å²) in [6.45, 7) is 1.71. The van der Waals surface area contributed by atoms with Crippen LogP contribution in [0.1, 0.15) is 12.5 Å². The normalized spacial score (nSPS) is 15.6. The SMILES string of the molecule is CC(N)(CO)c1c[nH]c2ncccc12. The van der Waals surface area contributed by atoms with Crippen molar-refractivity contribution in [1.82, 2.24) is 9.97 Å². The molecule has 0 amide bonds. The summed E-state index contributed by atoms with van der Waals surface area (Å²) in [7, 11) is 0. The minimum Gasteiger partial charge on any atom is -0.394 e. The number of nitrogens with zero attached hydrogens (tertiary/aromatic N) is 1. The van der Waals surface area contributed by atoms with E-state index in [1.165, 1.54) is 0 Å². The molecule has 2 aromatic heterocycles. The van der Waals surface area contributed by atoms with Gasteiger partial charge in [-0.25, -0.2) is 4.98 Å². The Balaban J connectivity index is 2.64. The van der Waals surface area contributed by atoms with Crippen molar-refractivity contribution in [3.8, 4) is 0 Å². The molecule has 0 aliphatic heterocycles. The molecule has 4 heteroatoms. The second-order valence-corrected chi connectivity index (χ2v) is 3.68. The average molecular weight is 191 g/mol. The lowest BCUT2D eigenvalue weighted by Gasteiger charge is -2.20. The van der Waals surface area contributed by atoms with E-state index in [-0.39, 0.29) is 6.61 Å². The van der Waals surface area contributed by atoms with Gasteiger partial charge in [-0.3, -0.25) is 0 Å². The summed E-state index contributed by atoms with van der Waals surface area (Å²) in [5, 5.41) is 10.1. The fraction of sp³-hybridized carbons (Fsp3) is 0.300. The summed E-state index contributed by atoms with van der Waals surface area (Å²) in [6.07, 6.45) is 3.52. The minimum absolute atomic E-state index is 0.0884. The van der Waals surface area contributed by atoms with Gasteiger partial charge < -0.3 is 15.8 Å². The standard InChI is InChI=1S/C10H13N3O/c1-10(11,6-14)8-5-13-9-7(8)3-2-4-12-9/h2-5,14H,6,11H2,1H3,(H,12,13). The molecule has 1 atom stereocenters. The van der Waals surface area contributed by atoms with Gasteiger partial charge >= 0.3 is 0 Å². The number of aliphatic hydroxyl groups is 1. The van der Waals surface area contributed by atoms with E-state index in [4.69, 9.17) is 10.8 Å². The van der Waals surface area contributed by atoms with Crippen molar-refractivity contribution in [2.45, 2.75) is 12.5 Å². The van der Waals surface area contributed by atoms with Crippen molar-refractivity contribution < 1.29 is 5.11 Å². The monoisotopic (exact) mass is 191 g/mol. The highest BCUT2D eigenvalue weighted by Gasteiger charge is 2.23. The summed E-state index contributed by atoms with van der Waals surface area (Å²) in [5.41, 5.74) is 6.92. The number of aliphatic hydroxyl groups excluding tert-OH is 1. The molecular formula is C10H13N3O. The molecule has 0 bridgehead atoms. The number of hydrogen-bond acceptors (Lipinski definition) is 3. The van der Waals surface area contributed by atoms with Crippen molar-refractivity contribution in [2.24, 2.45) is 5.73 Å². The molecule has 0 spiro atoms. The summed E-state index contributed by atoms with van der Waals surface area (Å²) in [5.74, 6) is 0. The van der Waals surface area contributed by atoms with Crippen molar-refractivity contribution in [3.05, 3.63) is 30.1 Å². The summed E-state index contributed by atoms with van der Waals surface area (Å²) in [6, 6.07) is 3.79. The van der Waals surface area contributed by atoms with Crippen molar-refractivity contribution in [2.75, 3.05) is 6.61 Å². The minimum atomic E-state index is -0.721. The molecule has 4 N–H and O–H groups in total. The zero-order valence-corrected chi connectivity index (χ0v) is 7.99. The van der Waals surface area contributed by atoms with E-state index < -0.39 is 5.54 Å². The van der Waals surface area contributed by atoms with E-state index in [1.807, 2.05) is 12.1 Å². The van der Waals surface area contributed by atoms with Crippen LogP contribution in [-0.4, -0.2) is 21.7 Å². The maximum absolute atomic E-state index is 9.17. The van der Waals surface area contributed by atoms with Gasteiger partial charge in [0.1, 0.15) is 5.65 Å². The second kappa shape index (κ2) is 3.08. The van der Waals surface area contributed by atoms with Gasteiger partial charge in [0.05, 0.1) is 12.1 Å². The lowest BCUT2D eigenvalue weighted by Crippen LogP contribution is -2.36. The van der Waals surface area contributed by atoms with Crippen LogP contribution in [-0.2, 0) is 5.54 Å². The van der Waals surface area contributed by atoms with Crippen molar-refractivity contribution in [1.29, 1.82) is 0 Å². The molecule has 2 heterocycles. The first-order chi connectivity index (χ1) is 6.65. The molecule has 0 aliphatic carbocycles. The average Bonchev–Trinajstić information content (AvgIpc) is 2.61. The largest absolute Gasteiger partial charge is 0.394 e. The van der Waals surface area contributed by atoms with Crippen LogP contribution in [0.4, 0.5) is 0 Å². The van der Waals surface area contributed by atoms with E-state index in [2.05, 4.69) is 9.97 Å². The van der Waals surface area contributed by atoms with E-state index in [0.717, 1.165) is 16.6 Å². The molecule has 14 heavy (non-hydrogen) atoms. The van der Waals surface area contributed by atoms with E-state index >= 15 is 0 Å². The van der Waals surface area contributed by atoms with Gasteiger partial charge in [-0.1, -0.05) is 0 Å². The van der Waals surface area contributed by atoms with Gasteiger partial charge in [-0.15, -0.1) is 0 Å². The van der Waals surface area contributed by atoms with E-state index in [0.29, 0.717) is 0 Å². The molecule has 1 unspecified atom stereocenters. The summed E-state index contributed by atoms with van der Waals surface area (Å²) >= 11 is 0. The van der Waals surface area contributed by atoms with Crippen molar-refractivity contribution >= 4 is 11.0 Å². The van der Waals surface area contributed by atoms with E-state index in [9.17, 15) is 0 Å². The van der Waals surface area contributed by atoms with Crippen LogP contribution in [0.5, 0.6) is 0 Å². The van der Waals surface area contributed by atoms with Crippen LogP contribution >= 0.6 is 0 Å². The van der Waals surface area contributed by atoms with Crippen LogP contribution in [0.15, 0.2) is 24.5 Å². The third kappa shape index (κ3) is 1.29. The molecular weight excluding hydrogens is 178 g/mol. The maximum atomic E-state index is 9.17.